The predicted octanol–water partition coefficient (Wildman–Crippen LogP) is 1.29. The van der Waals surface area contributed by atoms with Crippen LogP contribution in [-0.4, -0.2) is 36.3 Å². The van der Waals surface area contributed by atoms with Crippen molar-refractivity contribution in [3.05, 3.63) is 21.3 Å². The lowest BCUT2D eigenvalue weighted by molar-refractivity contribution is -0.130. The van der Waals surface area contributed by atoms with Crippen molar-refractivity contribution in [3.8, 4) is 0 Å². The van der Waals surface area contributed by atoms with E-state index < -0.39 is 0 Å². The van der Waals surface area contributed by atoms with Crippen LogP contribution in [0.4, 0.5) is 0 Å². The van der Waals surface area contributed by atoms with Crippen molar-refractivity contribution in [2.24, 2.45) is 0 Å². The number of hydrogen-bond donors (Lipinski definition) is 1. The molecule has 0 unspecified atom stereocenters. The number of amides is 2. The first-order valence-electron chi connectivity index (χ1n) is 5.44. The quantitative estimate of drug-likeness (QED) is 0.902. The molecule has 0 aliphatic carbocycles. The third-order valence-electron chi connectivity index (χ3n) is 2.66. The van der Waals surface area contributed by atoms with Crippen molar-refractivity contribution in [2.45, 2.75) is 12.8 Å². The van der Waals surface area contributed by atoms with Crippen LogP contribution in [0.15, 0.2) is 12.1 Å². The fourth-order valence-electron chi connectivity index (χ4n) is 1.70. The molecule has 1 aliphatic rings. The Morgan fingerprint density at radius 3 is 2.94 bits per heavy atom. The van der Waals surface area contributed by atoms with Crippen LogP contribution in [0, 0.1) is 0 Å². The molecule has 1 aromatic heterocycles. The van der Waals surface area contributed by atoms with Gasteiger partial charge in [-0.05, 0) is 18.6 Å². The number of nitrogens with one attached hydrogen (secondary N) is 1. The minimum Gasteiger partial charge on any atom is -0.347 e. The summed E-state index contributed by atoms with van der Waals surface area (Å²) in [6, 6.07) is 3.83. The Kier molecular flexibility index (Phi) is 4.02. The first kappa shape index (κ1) is 12.4. The summed E-state index contributed by atoms with van der Waals surface area (Å²) in [6.45, 7) is 1.26. The first-order valence-corrected chi connectivity index (χ1v) is 6.63. The van der Waals surface area contributed by atoms with Crippen LogP contribution in [0.25, 0.3) is 0 Å². The lowest BCUT2D eigenvalue weighted by Gasteiger charge is -2.18. The number of rotatable bonds is 3. The van der Waals surface area contributed by atoms with Crippen LogP contribution in [0.5, 0.6) is 0 Å². The van der Waals surface area contributed by atoms with Crippen LogP contribution < -0.4 is 5.32 Å². The van der Waals surface area contributed by atoms with Gasteiger partial charge in [0.1, 0.15) is 0 Å². The molecule has 1 N–H and O–H groups in total. The minimum absolute atomic E-state index is 0.0153. The highest BCUT2D eigenvalue weighted by Gasteiger charge is 2.19. The van der Waals surface area contributed by atoms with E-state index in [1.165, 1.54) is 11.3 Å². The van der Waals surface area contributed by atoms with Gasteiger partial charge in [0.05, 0.1) is 10.9 Å². The molecule has 2 heterocycles. The number of halogens is 1. The zero-order valence-electron chi connectivity index (χ0n) is 9.24. The molecule has 0 bridgehead atoms. The van der Waals surface area contributed by atoms with Gasteiger partial charge in [-0.1, -0.05) is 11.6 Å². The predicted molar refractivity (Wildman–Crippen MR) is 67.2 cm³/mol. The van der Waals surface area contributed by atoms with E-state index in [0.717, 1.165) is 15.6 Å². The summed E-state index contributed by atoms with van der Waals surface area (Å²) in [5.41, 5.74) is 0. The first-order chi connectivity index (χ1) is 8.15. The van der Waals surface area contributed by atoms with Crippen molar-refractivity contribution >= 4 is 34.8 Å². The Morgan fingerprint density at radius 1 is 1.41 bits per heavy atom. The van der Waals surface area contributed by atoms with E-state index in [2.05, 4.69) is 5.32 Å². The number of hydrogen-bond acceptors (Lipinski definition) is 3. The molecule has 92 valence electrons. The molecule has 6 heteroatoms. The van der Waals surface area contributed by atoms with Crippen LogP contribution in [-0.2, 0) is 16.0 Å². The maximum atomic E-state index is 11.7. The standard InChI is InChI=1S/C11H13ClN2O2S/c12-9-2-1-8(17-9)3-5-14-6-4-10(15)13-7-11(14)16/h1-2H,3-7H2,(H,13,15). The summed E-state index contributed by atoms with van der Waals surface area (Å²) in [5.74, 6) is -0.0708. The number of carbonyl (C=O) groups is 2. The Hall–Kier alpha value is -1.07. The van der Waals surface area contributed by atoms with E-state index in [-0.39, 0.29) is 18.4 Å². The second-order valence-corrected chi connectivity index (χ2v) is 5.66. The zero-order valence-corrected chi connectivity index (χ0v) is 10.8. The van der Waals surface area contributed by atoms with Crippen molar-refractivity contribution in [1.29, 1.82) is 0 Å². The Morgan fingerprint density at radius 2 is 2.24 bits per heavy atom. The highest BCUT2D eigenvalue weighted by atomic mass is 35.5. The highest BCUT2D eigenvalue weighted by molar-refractivity contribution is 7.16. The Balaban J connectivity index is 1.89. The van der Waals surface area contributed by atoms with Gasteiger partial charge in [-0.25, -0.2) is 0 Å². The molecular weight excluding hydrogens is 260 g/mol. The largest absolute Gasteiger partial charge is 0.347 e. The molecule has 2 amide bonds. The second kappa shape index (κ2) is 5.51. The summed E-state index contributed by atoms with van der Waals surface area (Å²) in [5, 5.41) is 2.58. The molecule has 4 nitrogen and oxygen atoms in total. The molecular formula is C11H13ClN2O2S. The summed E-state index contributed by atoms with van der Waals surface area (Å²) < 4.78 is 0.763. The molecule has 0 saturated carbocycles. The van der Waals surface area contributed by atoms with Gasteiger partial charge in [0.15, 0.2) is 0 Å². The number of thiophene rings is 1. The summed E-state index contributed by atoms with van der Waals surface area (Å²) in [7, 11) is 0. The molecule has 0 aromatic carbocycles. The fraction of sp³-hybridized carbons (Fsp3) is 0.455. The normalized spacial score (nSPS) is 16.9. The van der Waals surface area contributed by atoms with Crippen molar-refractivity contribution in [2.75, 3.05) is 19.6 Å². The topological polar surface area (TPSA) is 49.4 Å². The molecule has 17 heavy (non-hydrogen) atoms. The van der Waals surface area contributed by atoms with Crippen molar-refractivity contribution in [3.63, 3.8) is 0 Å². The number of carbonyl (C=O) groups excluding carboxylic acids is 2. The molecule has 1 saturated heterocycles. The molecule has 0 radical (unpaired) electrons. The van der Waals surface area contributed by atoms with Gasteiger partial charge in [0, 0.05) is 24.4 Å². The van der Waals surface area contributed by atoms with Gasteiger partial charge in [-0.15, -0.1) is 11.3 Å². The van der Waals surface area contributed by atoms with E-state index in [1.54, 1.807) is 4.90 Å². The van der Waals surface area contributed by atoms with Gasteiger partial charge in [0.25, 0.3) is 0 Å². The highest BCUT2D eigenvalue weighted by Crippen LogP contribution is 2.21. The Bertz CT molecular complexity index is 433. The lowest BCUT2D eigenvalue weighted by Crippen LogP contribution is -2.36. The lowest BCUT2D eigenvalue weighted by atomic mass is 10.3. The zero-order chi connectivity index (χ0) is 12.3. The third-order valence-corrected chi connectivity index (χ3v) is 3.95. The van der Waals surface area contributed by atoms with Crippen LogP contribution in [0.3, 0.4) is 0 Å². The molecule has 1 fully saturated rings. The van der Waals surface area contributed by atoms with E-state index in [0.29, 0.717) is 19.5 Å². The van der Waals surface area contributed by atoms with Crippen LogP contribution in [0.1, 0.15) is 11.3 Å². The summed E-state index contributed by atoms with van der Waals surface area (Å²) in [6.07, 6.45) is 1.17. The average molecular weight is 273 g/mol. The second-order valence-electron chi connectivity index (χ2n) is 3.86. The smallest absolute Gasteiger partial charge is 0.241 e. The van der Waals surface area contributed by atoms with Gasteiger partial charge >= 0.3 is 0 Å². The van der Waals surface area contributed by atoms with Gasteiger partial charge in [0.2, 0.25) is 11.8 Å². The third kappa shape index (κ3) is 3.44. The van der Waals surface area contributed by atoms with Crippen LogP contribution >= 0.6 is 22.9 Å². The molecule has 0 atom stereocenters. The van der Waals surface area contributed by atoms with Crippen LogP contribution in [0.2, 0.25) is 4.34 Å². The summed E-state index contributed by atoms with van der Waals surface area (Å²) in [4.78, 5) is 25.7. The van der Waals surface area contributed by atoms with Gasteiger partial charge in [-0.2, -0.15) is 0 Å². The van der Waals surface area contributed by atoms with E-state index in [9.17, 15) is 9.59 Å². The van der Waals surface area contributed by atoms with Crippen molar-refractivity contribution < 1.29 is 9.59 Å². The average Bonchev–Trinajstić information content (AvgIpc) is 2.64. The van der Waals surface area contributed by atoms with Gasteiger partial charge < -0.3 is 10.2 Å². The van der Waals surface area contributed by atoms with Gasteiger partial charge in [-0.3, -0.25) is 9.59 Å². The molecule has 2 rings (SSSR count). The van der Waals surface area contributed by atoms with E-state index >= 15 is 0 Å². The summed E-state index contributed by atoms with van der Waals surface area (Å²) >= 11 is 7.37. The minimum atomic E-state index is -0.0555. The van der Waals surface area contributed by atoms with E-state index in [4.69, 9.17) is 11.6 Å². The van der Waals surface area contributed by atoms with E-state index in [1.807, 2.05) is 12.1 Å². The molecule has 1 aliphatic heterocycles. The van der Waals surface area contributed by atoms with Crippen molar-refractivity contribution in [1.82, 2.24) is 10.2 Å². The SMILES string of the molecule is O=C1CCN(CCc2ccc(Cl)s2)C(=O)CN1. The molecule has 0 spiro atoms. The molecule has 1 aromatic rings. The monoisotopic (exact) mass is 272 g/mol. The maximum absolute atomic E-state index is 11.7. The number of nitrogens with zero attached hydrogens (tertiary/aromatic N) is 1. The Labute approximate surface area is 109 Å². The fourth-order valence-corrected chi connectivity index (χ4v) is 2.78. The maximum Gasteiger partial charge on any atom is 0.241 e.